The molecule has 2 heteroatoms. The average Bonchev–Trinajstić information content (AvgIpc) is 2.09. The van der Waals surface area contributed by atoms with Crippen LogP contribution in [0.15, 0.2) is 36.4 Å². The molecule has 0 aromatic carbocycles. The van der Waals surface area contributed by atoms with Gasteiger partial charge in [-0.25, -0.2) is 4.79 Å². The highest BCUT2D eigenvalue weighted by molar-refractivity contribution is 5.87. The summed E-state index contributed by atoms with van der Waals surface area (Å²) >= 11 is 0. The SMILES string of the molecule is C=C(C)C(=O)OC(C)(C)C.c1cc2ccc1-2. The summed E-state index contributed by atoms with van der Waals surface area (Å²) in [5.74, 6) is -0.326. The molecule has 0 atom stereocenters. The number of benzene rings is 1. The molecular formula is C14H18O2. The van der Waals surface area contributed by atoms with E-state index in [-0.39, 0.29) is 5.97 Å². The van der Waals surface area contributed by atoms with E-state index in [0.717, 1.165) is 0 Å². The molecule has 86 valence electrons. The van der Waals surface area contributed by atoms with Gasteiger partial charge in [0.2, 0.25) is 0 Å². The molecule has 2 rings (SSSR count). The van der Waals surface area contributed by atoms with Crippen molar-refractivity contribution >= 4 is 5.97 Å². The number of esters is 1. The van der Waals surface area contributed by atoms with E-state index in [1.807, 2.05) is 20.8 Å². The van der Waals surface area contributed by atoms with Crippen LogP contribution in [0.1, 0.15) is 27.7 Å². The fraction of sp³-hybridized carbons (Fsp3) is 0.357. The first-order valence-corrected chi connectivity index (χ1v) is 5.29. The van der Waals surface area contributed by atoms with Crippen molar-refractivity contribution < 1.29 is 9.53 Å². The number of rotatable bonds is 1. The van der Waals surface area contributed by atoms with Crippen molar-refractivity contribution in [3.63, 3.8) is 0 Å². The predicted octanol–water partition coefficient (Wildman–Crippen LogP) is 3.57. The topological polar surface area (TPSA) is 26.3 Å². The zero-order valence-electron chi connectivity index (χ0n) is 10.3. The summed E-state index contributed by atoms with van der Waals surface area (Å²) in [7, 11) is 0. The first kappa shape index (κ1) is 12.5. The molecule has 0 unspecified atom stereocenters. The van der Waals surface area contributed by atoms with E-state index in [2.05, 4.69) is 30.8 Å². The summed E-state index contributed by atoms with van der Waals surface area (Å²) in [4.78, 5) is 10.8. The summed E-state index contributed by atoms with van der Waals surface area (Å²) in [5.41, 5.74) is 2.88. The van der Waals surface area contributed by atoms with Crippen molar-refractivity contribution in [2.75, 3.05) is 0 Å². The van der Waals surface area contributed by atoms with Crippen LogP contribution in [0.2, 0.25) is 0 Å². The van der Waals surface area contributed by atoms with Gasteiger partial charge in [0.1, 0.15) is 5.60 Å². The van der Waals surface area contributed by atoms with Crippen LogP contribution in [-0.2, 0) is 9.53 Å². The Hall–Kier alpha value is -1.57. The van der Waals surface area contributed by atoms with Gasteiger partial charge < -0.3 is 4.74 Å². The normalized spacial score (nSPS) is 11.0. The van der Waals surface area contributed by atoms with E-state index < -0.39 is 5.60 Å². The predicted molar refractivity (Wildman–Crippen MR) is 66.1 cm³/mol. The Balaban J connectivity index is 0.000000176. The lowest BCUT2D eigenvalue weighted by Crippen LogP contribution is -2.23. The van der Waals surface area contributed by atoms with Gasteiger partial charge in [-0.05, 0) is 38.8 Å². The largest absolute Gasteiger partial charge is 0.457 e. The molecule has 0 N–H and O–H groups in total. The monoisotopic (exact) mass is 218 g/mol. The molecule has 0 bridgehead atoms. The van der Waals surface area contributed by atoms with Gasteiger partial charge in [-0.2, -0.15) is 0 Å². The van der Waals surface area contributed by atoms with Gasteiger partial charge in [0.05, 0.1) is 0 Å². The molecule has 0 fully saturated rings. The van der Waals surface area contributed by atoms with Gasteiger partial charge in [-0.15, -0.1) is 0 Å². The Bertz CT molecular complexity index is 373. The second-order valence-corrected chi connectivity index (χ2v) is 4.86. The number of ether oxygens (including phenoxy) is 1. The fourth-order valence-electron chi connectivity index (χ4n) is 1.03. The Morgan fingerprint density at radius 1 is 1.12 bits per heavy atom. The molecular weight excluding hydrogens is 200 g/mol. The molecule has 16 heavy (non-hydrogen) atoms. The molecule has 0 spiro atoms. The first-order chi connectivity index (χ1) is 7.29. The van der Waals surface area contributed by atoms with E-state index >= 15 is 0 Å². The summed E-state index contributed by atoms with van der Waals surface area (Å²) in [5, 5.41) is 0. The summed E-state index contributed by atoms with van der Waals surface area (Å²) in [6.07, 6.45) is 0. The number of hydrogen-bond acceptors (Lipinski definition) is 2. The molecule has 0 saturated heterocycles. The molecule has 0 aromatic heterocycles. The van der Waals surface area contributed by atoms with E-state index in [1.165, 1.54) is 11.1 Å². The molecule has 0 heterocycles. The van der Waals surface area contributed by atoms with Crippen molar-refractivity contribution in [2.24, 2.45) is 0 Å². The smallest absolute Gasteiger partial charge is 0.333 e. The van der Waals surface area contributed by atoms with Crippen LogP contribution in [0.5, 0.6) is 0 Å². The minimum absolute atomic E-state index is 0.326. The third-order valence-corrected chi connectivity index (χ3v) is 1.97. The molecule has 0 radical (unpaired) electrons. The van der Waals surface area contributed by atoms with Gasteiger partial charge in [0.15, 0.2) is 0 Å². The van der Waals surface area contributed by atoms with Gasteiger partial charge in [0.25, 0.3) is 0 Å². The van der Waals surface area contributed by atoms with Crippen LogP contribution in [0.3, 0.4) is 0 Å². The number of carbonyl (C=O) groups excluding carboxylic acids is 1. The zero-order valence-corrected chi connectivity index (χ0v) is 10.3. The highest BCUT2D eigenvalue weighted by Gasteiger charge is 2.15. The van der Waals surface area contributed by atoms with Gasteiger partial charge in [0, 0.05) is 5.57 Å². The van der Waals surface area contributed by atoms with Crippen LogP contribution < -0.4 is 0 Å². The molecule has 2 aliphatic carbocycles. The van der Waals surface area contributed by atoms with E-state index in [4.69, 9.17) is 4.74 Å². The van der Waals surface area contributed by atoms with E-state index in [0.29, 0.717) is 5.57 Å². The van der Waals surface area contributed by atoms with Crippen molar-refractivity contribution in [1.82, 2.24) is 0 Å². The van der Waals surface area contributed by atoms with E-state index in [9.17, 15) is 4.79 Å². The van der Waals surface area contributed by atoms with Crippen LogP contribution in [0.25, 0.3) is 11.1 Å². The maximum absolute atomic E-state index is 10.8. The highest BCUT2D eigenvalue weighted by Crippen LogP contribution is 2.29. The Labute approximate surface area is 96.9 Å². The van der Waals surface area contributed by atoms with Crippen LogP contribution >= 0.6 is 0 Å². The molecule has 0 amide bonds. The standard InChI is InChI=1S/C8H14O2.C6H4/c1-6(2)7(9)10-8(3,4)5;1-2-6-4-3-5(1)6/h1H2,2-5H3;1-4H. The van der Waals surface area contributed by atoms with Crippen molar-refractivity contribution in [1.29, 1.82) is 0 Å². The molecule has 0 aliphatic heterocycles. The quantitative estimate of drug-likeness (QED) is 0.540. The Morgan fingerprint density at radius 2 is 1.50 bits per heavy atom. The maximum Gasteiger partial charge on any atom is 0.333 e. The minimum Gasteiger partial charge on any atom is -0.457 e. The third kappa shape index (κ3) is 3.54. The Kier molecular flexibility index (Phi) is 3.53. The zero-order chi connectivity index (χ0) is 12.3. The summed E-state index contributed by atoms with van der Waals surface area (Å²) in [6, 6.07) is 8.48. The second kappa shape index (κ2) is 4.52. The molecule has 0 aromatic rings. The number of hydrogen-bond donors (Lipinski definition) is 0. The van der Waals surface area contributed by atoms with Gasteiger partial charge >= 0.3 is 5.97 Å². The number of carbonyl (C=O) groups is 1. The van der Waals surface area contributed by atoms with Crippen LogP contribution in [0, 0.1) is 0 Å². The van der Waals surface area contributed by atoms with Crippen LogP contribution in [0.4, 0.5) is 0 Å². The highest BCUT2D eigenvalue weighted by atomic mass is 16.6. The number of fused-ring (bicyclic) bond motifs is 1. The lowest BCUT2D eigenvalue weighted by atomic mass is 9.95. The lowest BCUT2D eigenvalue weighted by molar-refractivity contribution is -0.149. The van der Waals surface area contributed by atoms with E-state index in [1.54, 1.807) is 6.92 Å². The van der Waals surface area contributed by atoms with Crippen molar-refractivity contribution in [3.05, 3.63) is 36.4 Å². The van der Waals surface area contributed by atoms with Crippen LogP contribution in [-0.4, -0.2) is 11.6 Å². The van der Waals surface area contributed by atoms with Gasteiger partial charge in [-0.1, -0.05) is 30.8 Å². The van der Waals surface area contributed by atoms with Gasteiger partial charge in [-0.3, -0.25) is 0 Å². The molecule has 2 aliphatic rings. The summed E-state index contributed by atoms with van der Waals surface area (Å²) < 4.78 is 4.96. The minimum atomic E-state index is -0.407. The maximum atomic E-state index is 10.8. The average molecular weight is 218 g/mol. The summed E-state index contributed by atoms with van der Waals surface area (Å²) in [6.45, 7) is 10.6. The second-order valence-electron chi connectivity index (χ2n) is 4.86. The third-order valence-electron chi connectivity index (χ3n) is 1.97. The molecule has 0 saturated carbocycles. The van der Waals surface area contributed by atoms with Crippen molar-refractivity contribution in [3.8, 4) is 11.1 Å². The fourth-order valence-corrected chi connectivity index (χ4v) is 1.03. The lowest BCUT2D eigenvalue weighted by Gasteiger charge is -2.19. The Morgan fingerprint density at radius 3 is 1.56 bits per heavy atom. The molecule has 2 nitrogen and oxygen atoms in total. The van der Waals surface area contributed by atoms with Crippen molar-refractivity contribution in [2.45, 2.75) is 33.3 Å². The first-order valence-electron chi connectivity index (χ1n) is 5.29.